The van der Waals surface area contributed by atoms with Crippen LogP contribution in [0.2, 0.25) is 0 Å². The smallest absolute Gasteiger partial charge is 0.217 e. The summed E-state index contributed by atoms with van der Waals surface area (Å²) in [6, 6.07) is 7.37. The Morgan fingerprint density at radius 3 is 2.87 bits per heavy atom. The Balaban J connectivity index is 2.90. The number of hydrogen-bond acceptors (Lipinski definition) is 2. The van der Waals surface area contributed by atoms with Crippen LogP contribution in [-0.2, 0) is 4.79 Å². The summed E-state index contributed by atoms with van der Waals surface area (Å²) in [5, 5.41) is 2.78. The third kappa shape index (κ3) is 3.13. The zero-order chi connectivity index (χ0) is 11.3. The predicted molar refractivity (Wildman–Crippen MR) is 59.7 cm³/mol. The van der Waals surface area contributed by atoms with Crippen molar-refractivity contribution in [1.82, 2.24) is 5.32 Å². The number of hydrogen-bond donors (Lipinski definition) is 1. The van der Waals surface area contributed by atoms with E-state index in [2.05, 4.69) is 11.9 Å². The molecule has 0 saturated carbocycles. The van der Waals surface area contributed by atoms with Gasteiger partial charge in [-0.05, 0) is 17.7 Å². The lowest BCUT2D eigenvalue weighted by Gasteiger charge is -2.14. The molecule has 0 aliphatic rings. The first-order valence-corrected chi connectivity index (χ1v) is 4.71. The monoisotopic (exact) mass is 205 g/mol. The highest BCUT2D eigenvalue weighted by Gasteiger charge is 2.08. The van der Waals surface area contributed by atoms with Gasteiger partial charge in [0, 0.05) is 6.92 Å². The maximum absolute atomic E-state index is 11.0. The molecule has 0 heterocycles. The SMILES string of the molecule is C=CC(NC(C)=O)c1cccc(OC)c1. The largest absolute Gasteiger partial charge is 0.497 e. The van der Waals surface area contributed by atoms with Gasteiger partial charge in [0.15, 0.2) is 0 Å². The maximum atomic E-state index is 11.0. The van der Waals surface area contributed by atoms with Crippen LogP contribution < -0.4 is 10.1 Å². The van der Waals surface area contributed by atoms with Crippen molar-refractivity contribution in [2.45, 2.75) is 13.0 Å². The Morgan fingerprint density at radius 2 is 2.33 bits per heavy atom. The second kappa shape index (κ2) is 5.20. The number of methoxy groups -OCH3 is 1. The van der Waals surface area contributed by atoms with Crippen LogP contribution in [0.5, 0.6) is 5.75 Å². The molecule has 0 radical (unpaired) electrons. The lowest BCUT2D eigenvalue weighted by atomic mass is 10.1. The average Bonchev–Trinajstić information content (AvgIpc) is 2.25. The van der Waals surface area contributed by atoms with Crippen molar-refractivity contribution >= 4 is 5.91 Å². The third-order valence-corrected chi connectivity index (χ3v) is 2.05. The van der Waals surface area contributed by atoms with E-state index in [-0.39, 0.29) is 11.9 Å². The topological polar surface area (TPSA) is 38.3 Å². The molecule has 1 aromatic rings. The summed E-state index contributed by atoms with van der Waals surface area (Å²) in [5.74, 6) is 0.687. The molecular formula is C12H15NO2. The molecule has 1 rings (SSSR count). The summed E-state index contributed by atoms with van der Waals surface area (Å²) in [6.45, 7) is 5.17. The standard InChI is InChI=1S/C12H15NO2/c1-4-12(13-9(2)14)10-6-5-7-11(8-10)15-3/h4-8,12H,1H2,2-3H3,(H,13,14). The first-order valence-electron chi connectivity index (χ1n) is 4.71. The lowest BCUT2D eigenvalue weighted by Crippen LogP contribution is -2.24. The van der Waals surface area contributed by atoms with Crippen molar-refractivity contribution in [3.63, 3.8) is 0 Å². The van der Waals surface area contributed by atoms with Crippen LogP contribution >= 0.6 is 0 Å². The van der Waals surface area contributed by atoms with Crippen molar-refractivity contribution in [1.29, 1.82) is 0 Å². The van der Waals surface area contributed by atoms with Crippen LogP contribution in [0.1, 0.15) is 18.5 Å². The molecule has 0 fully saturated rings. The van der Waals surface area contributed by atoms with E-state index in [0.717, 1.165) is 11.3 Å². The van der Waals surface area contributed by atoms with E-state index < -0.39 is 0 Å². The minimum atomic E-state index is -0.169. The number of ether oxygens (including phenoxy) is 1. The fraction of sp³-hybridized carbons (Fsp3) is 0.250. The third-order valence-electron chi connectivity index (χ3n) is 2.05. The Bertz CT molecular complexity index is 360. The molecule has 0 saturated heterocycles. The highest BCUT2D eigenvalue weighted by Crippen LogP contribution is 2.19. The second-order valence-electron chi connectivity index (χ2n) is 3.19. The molecule has 1 aromatic carbocycles. The minimum Gasteiger partial charge on any atom is -0.497 e. The van der Waals surface area contributed by atoms with Crippen LogP contribution in [0.3, 0.4) is 0 Å². The van der Waals surface area contributed by atoms with Crippen molar-refractivity contribution in [2.75, 3.05) is 7.11 Å². The highest BCUT2D eigenvalue weighted by molar-refractivity contribution is 5.73. The normalized spacial score (nSPS) is 11.6. The Kier molecular flexibility index (Phi) is 3.92. The fourth-order valence-electron chi connectivity index (χ4n) is 1.33. The molecule has 0 bridgehead atoms. The summed E-state index contributed by atoms with van der Waals surface area (Å²) in [6.07, 6.45) is 1.69. The van der Waals surface area contributed by atoms with Crippen molar-refractivity contribution in [3.05, 3.63) is 42.5 Å². The van der Waals surface area contributed by atoms with Gasteiger partial charge in [0.05, 0.1) is 13.2 Å². The van der Waals surface area contributed by atoms with Crippen LogP contribution in [0.4, 0.5) is 0 Å². The Morgan fingerprint density at radius 1 is 1.60 bits per heavy atom. The molecule has 0 spiro atoms. The van der Waals surface area contributed by atoms with Crippen molar-refractivity contribution in [3.8, 4) is 5.75 Å². The molecule has 3 heteroatoms. The van der Waals surface area contributed by atoms with Crippen molar-refractivity contribution < 1.29 is 9.53 Å². The van der Waals surface area contributed by atoms with E-state index in [1.807, 2.05) is 24.3 Å². The molecule has 15 heavy (non-hydrogen) atoms. The maximum Gasteiger partial charge on any atom is 0.217 e. The van der Waals surface area contributed by atoms with Gasteiger partial charge in [-0.15, -0.1) is 6.58 Å². The first-order chi connectivity index (χ1) is 7.17. The first kappa shape index (κ1) is 11.3. The number of nitrogens with one attached hydrogen (secondary N) is 1. The summed E-state index contributed by atoms with van der Waals surface area (Å²) in [4.78, 5) is 11.0. The zero-order valence-corrected chi connectivity index (χ0v) is 8.99. The molecule has 80 valence electrons. The predicted octanol–water partition coefficient (Wildman–Crippen LogP) is 2.06. The lowest BCUT2D eigenvalue weighted by molar-refractivity contribution is -0.119. The number of rotatable bonds is 4. The second-order valence-corrected chi connectivity index (χ2v) is 3.19. The van der Waals surface area contributed by atoms with E-state index in [1.165, 1.54) is 6.92 Å². The van der Waals surface area contributed by atoms with Crippen molar-refractivity contribution in [2.24, 2.45) is 0 Å². The van der Waals surface area contributed by atoms with E-state index in [0.29, 0.717) is 0 Å². The van der Waals surface area contributed by atoms with E-state index >= 15 is 0 Å². The summed E-state index contributed by atoms with van der Waals surface area (Å²) < 4.78 is 5.11. The van der Waals surface area contributed by atoms with Crippen LogP contribution in [0, 0.1) is 0 Å². The quantitative estimate of drug-likeness (QED) is 0.764. The fourth-order valence-corrected chi connectivity index (χ4v) is 1.33. The number of carbonyl (C=O) groups excluding carboxylic acids is 1. The summed E-state index contributed by atoms with van der Waals surface area (Å²) in [7, 11) is 1.61. The molecule has 1 amide bonds. The van der Waals surface area contributed by atoms with Gasteiger partial charge in [-0.25, -0.2) is 0 Å². The van der Waals surface area contributed by atoms with Gasteiger partial charge in [-0.2, -0.15) is 0 Å². The molecule has 0 aliphatic heterocycles. The summed E-state index contributed by atoms with van der Waals surface area (Å²) >= 11 is 0. The van der Waals surface area contributed by atoms with E-state index in [9.17, 15) is 4.79 Å². The van der Waals surface area contributed by atoms with Crippen LogP contribution in [-0.4, -0.2) is 13.0 Å². The van der Waals surface area contributed by atoms with Gasteiger partial charge >= 0.3 is 0 Å². The molecule has 3 nitrogen and oxygen atoms in total. The molecule has 1 atom stereocenters. The molecule has 1 unspecified atom stereocenters. The average molecular weight is 205 g/mol. The highest BCUT2D eigenvalue weighted by atomic mass is 16.5. The van der Waals surface area contributed by atoms with Gasteiger partial charge < -0.3 is 10.1 Å². The molecule has 0 aliphatic carbocycles. The molecule has 0 aromatic heterocycles. The molecular weight excluding hydrogens is 190 g/mol. The molecule has 1 N–H and O–H groups in total. The van der Waals surface area contributed by atoms with Gasteiger partial charge in [0.25, 0.3) is 0 Å². The van der Waals surface area contributed by atoms with Gasteiger partial charge in [0.1, 0.15) is 5.75 Å². The number of carbonyl (C=O) groups is 1. The zero-order valence-electron chi connectivity index (χ0n) is 8.99. The van der Waals surface area contributed by atoms with Crippen LogP contribution in [0.15, 0.2) is 36.9 Å². The van der Waals surface area contributed by atoms with E-state index in [4.69, 9.17) is 4.74 Å². The number of amides is 1. The minimum absolute atomic E-state index is 0.0808. The Hall–Kier alpha value is -1.77. The van der Waals surface area contributed by atoms with Gasteiger partial charge in [0.2, 0.25) is 5.91 Å². The summed E-state index contributed by atoms with van der Waals surface area (Å²) in [5.41, 5.74) is 0.958. The van der Waals surface area contributed by atoms with E-state index in [1.54, 1.807) is 13.2 Å². The number of benzene rings is 1. The van der Waals surface area contributed by atoms with Gasteiger partial charge in [-0.1, -0.05) is 18.2 Å². The van der Waals surface area contributed by atoms with Crippen LogP contribution in [0.25, 0.3) is 0 Å². The Labute approximate surface area is 89.8 Å². The van der Waals surface area contributed by atoms with Gasteiger partial charge in [-0.3, -0.25) is 4.79 Å².